The van der Waals surface area contributed by atoms with Crippen molar-refractivity contribution < 1.29 is 22.6 Å². The van der Waals surface area contributed by atoms with Gasteiger partial charge in [0.1, 0.15) is 0 Å². The average molecular weight is 487 g/mol. The first-order chi connectivity index (χ1) is 17.0. The highest BCUT2D eigenvalue weighted by Gasteiger charge is 2.29. The maximum atomic E-state index is 15.1. The summed E-state index contributed by atoms with van der Waals surface area (Å²) in [4.78, 5) is 0. The molecular weight excluding hydrogens is 449 g/mol. The molecule has 2 fully saturated rings. The number of allylic oxidation sites excluding steroid dienone is 2. The molecule has 0 aliphatic heterocycles. The number of hydrogen-bond donors (Lipinski definition) is 0. The molecule has 4 rings (SSSR count). The Balaban J connectivity index is 1.30. The molecule has 0 N–H and O–H groups in total. The highest BCUT2D eigenvalue weighted by molar-refractivity contribution is 5.32. The average Bonchev–Trinajstić information content (AvgIpc) is 2.87. The van der Waals surface area contributed by atoms with Crippen molar-refractivity contribution in [3.63, 3.8) is 0 Å². The lowest BCUT2D eigenvalue weighted by Crippen LogP contribution is -2.22. The smallest absolute Gasteiger partial charge is 0.165 e. The van der Waals surface area contributed by atoms with Gasteiger partial charge in [0.05, 0.1) is 19.3 Å². The molecule has 2 saturated carbocycles. The summed E-state index contributed by atoms with van der Waals surface area (Å²) >= 11 is 0. The molecule has 2 aliphatic carbocycles. The maximum Gasteiger partial charge on any atom is 0.165 e. The minimum absolute atomic E-state index is 0.00625. The van der Waals surface area contributed by atoms with Crippen molar-refractivity contribution in [2.45, 2.75) is 89.8 Å². The van der Waals surface area contributed by atoms with Gasteiger partial charge in [-0.1, -0.05) is 30.4 Å². The van der Waals surface area contributed by atoms with Crippen LogP contribution in [0, 0.1) is 23.4 Å². The van der Waals surface area contributed by atoms with Crippen LogP contribution in [0.1, 0.15) is 93.7 Å². The van der Waals surface area contributed by atoms with Gasteiger partial charge in [0, 0.05) is 0 Å². The third-order valence-electron chi connectivity index (χ3n) is 7.71. The highest BCUT2D eigenvalue weighted by atomic mass is 19.2. The molecule has 0 saturated heterocycles. The Morgan fingerprint density at radius 1 is 0.829 bits per heavy atom. The van der Waals surface area contributed by atoms with Gasteiger partial charge in [0.25, 0.3) is 0 Å². The van der Waals surface area contributed by atoms with Crippen molar-refractivity contribution >= 4 is 0 Å². The second kappa shape index (κ2) is 12.1. The van der Waals surface area contributed by atoms with Gasteiger partial charge in [0.2, 0.25) is 0 Å². The van der Waals surface area contributed by atoms with E-state index in [-0.39, 0.29) is 29.5 Å². The molecule has 0 spiro atoms. The van der Waals surface area contributed by atoms with Gasteiger partial charge in [-0.05, 0) is 112 Å². The summed E-state index contributed by atoms with van der Waals surface area (Å²) in [7, 11) is 0. The van der Waals surface area contributed by atoms with E-state index in [9.17, 15) is 4.39 Å². The van der Waals surface area contributed by atoms with Gasteiger partial charge in [-0.2, -0.15) is 0 Å². The molecule has 2 aromatic rings. The summed E-state index contributed by atoms with van der Waals surface area (Å²) in [6.07, 6.45) is 11.3. The first-order valence-electron chi connectivity index (χ1n) is 13.1. The Morgan fingerprint density at radius 3 is 1.97 bits per heavy atom. The molecule has 0 amide bonds. The lowest BCUT2D eigenvalue weighted by Gasteiger charge is -2.30. The molecule has 2 aliphatic rings. The lowest BCUT2D eigenvalue weighted by atomic mass is 9.77. The van der Waals surface area contributed by atoms with E-state index in [1.807, 2.05) is 32.0 Å². The molecule has 0 bridgehead atoms. The van der Waals surface area contributed by atoms with E-state index in [1.165, 1.54) is 6.07 Å². The second-order valence-corrected chi connectivity index (χ2v) is 9.99. The molecule has 2 nitrogen and oxygen atoms in total. The topological polar surface area (TPSA) is 18.5 Å². The van der Waals surface area contributed by atoms with Gasteiger partial charge in [0.15, 0.2) is 23.2 Å². The van der Waals surface area contributed by atoms with Crippen LogP contribution in [0.15, 0.2) is 42.5 Å². The lowest BCUT2D eigenvalue weighted by molar-refractivity contribution is 0.0130. The molecular formula is C30H37F3O2. The summed E-state index contributed by atoms with van der Waals surface area (Å²) in [5.41, 5.74) is 1.81. The Labute approximate surface area is 207 Å². The van der Waals surface area contributed by atoms with Crippen LogP contribution in [0.2, 0.25) is 0 Å². The van der Waals surface area contributed by atoms with Gasteiger partial charge < -0.3 is 9.47 Å². The predicted octanol–water partition coefficient (Wildman–Crippen LogP) is 8.60. The Hall–Kier alpha value is -2.27. The first kappa shape index (κ1) is 25.8. The molecule has 0 atom stereocenters. The van der Waals surface area contributed by atoms with E-state index in [0.717, 1.165) is 56.9 Å². The molecule has 5 heteroatoms. The van der Waals surface area contributed by atoms with E-state index in [4.69, 9.17) is 9.47 Å². The number of halogens is 3. The number of ether oxygens (including phenoxy) is 2. The van der Waals surface area contributed by atoms with Gasteiger partial charge >= 0.3 is 0 Å². The summed E-state index contributed by atoms with van der Waals surface area (Å²) in [5.74, 6) is -0.764. The minimum Gasteiger partial charge on any atom is -0.491 e. The summed E-state index contributed by atoms with van der Waals surface area (Å²) in [6, 6.07) is 8.54. The van der Waals surface area contributed by atoms with Crippen molar-refractivity contribution in [1.29, 1.82) is 0 Å². The standard InChI is InChI=1S/C30H37F3O2/c1-3-5-20-6-9-22(10-7-20)25-15-16-26(30(33)29(25)32)23-11-13-24(14-12-23)35-19-21-8-17-28(34-4-2)27(31)18-21/h3,5,8,15-18,20,22-24H,4,6-7,9-14,19H2,1-2H3. The molecule has 0 unspecified atom stereocenters. The van der Waals surface area contributed by atoms with Gasteiger partial charge in [-0.25, -0.2) is 13.2 Å². The van der Waals surface area contributed by atoms with Crippen LogP contribution in [0.3, 0.4) is 0 Å². The minimum atomic E-state index is -0.660. The second-order valence-electron chi connectivity index (χ2n) is 9.99. The fourth-order valence-corrected chi connectivity index (χ4v) is 5.77. The van der Waals surface area contributed by atoms with Gasteiger partial charge in [-0.15, -0.1) is 0 Å². The fraction of sp³-hybridized carbons (Fsp3) is 0.533. The van der Waals surface area contributed by atoms with Crippen LogP contribution < -0.4 is 4.74 Å². The molecule has 2 aromatic carbocycles. The summed E-state index contributed by atoms with van der Waals surface area (Å²) < 4.78 is 55.5. The molecule has 0 radical (unpaired) electrons. The van der Waals surface area contributed by atoms with Crippen LogP contribution >= 0.6 is 0 Å². The Morgan fingerprint density at radius 2 is 1.43 bits per heavy atom. The van der Waals surface area contributed by atoms with Gasteiger partial charge in [-0.3, -0.25) is 0 Å². The fourth-order valence-electron chi connectivity index (χ4n) is 5.77. The van der Waals surface area contributed by atoms with Crippen LogP contribution in [-0.2, 0) is 11.3 Å². The van der Waals surface area contributed by atoms with Crippen molar-refractivity contribution in [2.24, 2.45) is 5.92 Å². The third kappa shape index (κ3) is 6.30. The molecule has 190 valence electrons. The van der Waals surface area contributed by atoms with E-state index in [1.54, 1.807) is 6.07 Å². The van der Waals surface area contributed by atoms with E-state index in [0.29, 0.717) is 30.3 Å². The predicted molar refractivity (Wildman–Crippen MR) is 133 cm³/mol. The van der Waals surface area contributed by atoms with E-state index in [2.05, 4.69) is 12.2 Å². The Kier molecular flexibility index (Phi) is 8.94. The normalized spacial score (nSPS) is 25.2. The van der Waals surface area contributed by atoms with E-state index < -0.39 is 11.6 Å². The Bertz CT molecular complexity index is 1000. The SMILES string of the molecule is CC=CC1CCC(c2ccc(C3CCC(OCc4ccc(OCC)c(F)c4)CC3)c(F)c2F)CC1. The highest BCUT2D eigenvalue weighted by Crippen LogP contribution is 2.41. The van der Waals surface area contributed by atoms with Crippen LogP contribution in [0.25, 0.3) is 0 Å². The maximum absolute atomic E-state index is 15.1. The largest absolute Gasteiger partial charge is 0.491 e. The van der Waals surface area contributed by atoms with Crippen LogP contribution in [-0.4, -0.2) is 12.7 Å². The number of hydrogen-bond acceptors (Lipinski definition) is 2. The third-order valence-corrected chi connectivity index (χ3v) is 7.71. The van der Waals surface area contributed by atoms with Crippen molar-refractivity contribution in [2.75, 3.05) is 6.61 Å². The quantitative estimate of drug-likeness (QED) is 0.348. The zero-order valence-corrected chi connectivity index (χ0v) is 20.9. The monoisotopic (exact) mass is 486 g/mol. The van der Waals surface area contributed by atoms with Crippen molar-refractivity contribution in [1.82, 2.24) is 0 Å². The number of benzene rings is 2. The zero-order valence-electron chi connectivity index (χ0n) is 20.9. The molecule has 35 heavy (non-hydrogen) atoms. The van der Waals surface area contributed by atoms with Crippen LogP contribution in [0.5, 0.6) is 5.75 Å². The van der Waals surface area contributed by atoms with Crippen LogP contribution in [0.4, 0.5) is 13.2 Å². The first-order valence-corrected chi connectivity index (χ1v) is 13.1. The summed E-state index contributed by atoms with van der Waals surface area (Å²) in [5, 5.41) is 0. The van der Waals surface area contributed by atoms with Crippen molar-refractivity contribution in [3.8, 4) is 5.75 Å². The van der Waals surface area contributed by atoms with E-state index >= 15 is 8.78 Å². The van der Waals surface area contributed by atoms with Crippen molar-refractivity contribution in [3.05, 3.63) is 76.6 Å². The number of rotatable bonds is 8. The zero-order chi connectivity index (χ0) is 24.8. The molecule has 0 heterocycles. The molecule has 0 aromatic heterocycles. The summed E-state index contributed by atoms with van der Waals surface area (Å²) in [6.45, 7) is 4.59.